The lowest BCUT2D eigenvalue weighted by atomic mass is 10.0. The summed E-state index contributed by atoms with van der Waals surface area (Å²) in [5.41, 5.74) is 7.42. The minimum atomic E-state index is 0.518. The standard InChI is InChI=1S/C13H12N2O2S/c14-13-15-10(8-18-13)12-7-16-11(6-17-12)9-4-2-1-3-5-9/h1-2,4,6-8H,3,5H2,(H2,14,15). The van der Waals surface area contributed by atoms with Crippen molar-refractivity contribution in [3.63, 3.8) is 0 Å². The zero-order chi connectivity index (χ0) is 12.4. The van der Waals surface area contributed by atoms with Gasteiger partial charge in [0.05, 0.1) is 0 Å². The van der Waals surface area contributed by atoms with Crippen molar-refractivity contribution in [1.82, 2.24) is 4.98 Å². The van der Waals surface area contributed by atoms with E-state index in [1.165, 1.54) is 11.3 Å². The van der Waals surface area contributed by atoms with Gasteiger partial charge in [-0.1, -0.05) is 18.2 Å². The molecule has 2 N–H and O–H groups in total. The number of hydrogen-bond donors (Lipinski definition) is 1. The third-order valence-electron chi connectivity index (χ3n) is 2.69. The van der Waals surface area contributed by atoms with E-state index in [9.17, 15) is 0 Å². The van der Waals surface area contributed by atoms with Gasteiger partial charge in [0, 0.05) is 5.38 Å². The van der Waals surface area contributed by atoms with Crippen molar-refractivity contribution >= 4 is 22.2 Å². The largest absolute Gasteiger partial charge is 0.457 e. The number of nitrogen functional groups attached to an aromatic ring is 1. The van der Waals surface area contributed by atoms with Gasteiger partial charge in [0.1, 0.15) is 18.2 Å². The minimum Gasteiger partial charge on any atom is -0.457 e. The van der Waals surface area contributed by atoms with Gasteiger partial charge in [0.15, 0.2) is 16.6 Å². The van der Waals surface area contributed by atoms with Crippen LogP contribution in [-0.2, 0) is 9.47 Å². The Labute approximate surface area is 109 Å². The van der Waals surface area contributed by atoms with E-state index in [0.29, 0.717) is 16.6 Å². The van der Waals surface area contributed by atoms with Crippen molar-refractivity contribution in [2.45, 2.75) is 12.8 Å². The van der Waals surface area contributed by atoms with Gasteiger partial charge >= 0.3 is 0 Å². The zero-order valence-corrected chi connectivity index (χ0v) is 10.4. The van der Waals surface area contributed by atoms with Crippen LogP contribution in [0, 0.1) is 0 Å². The summed E-state index contributed by atoms with van der Waals surface area (Å²) in [6.45, 7) is 0. The first kappa shape index (κ1) is 11.1. The van der Waals surface area contributed by atoms with Crippen molar-refractivity contribution in [3.8, 4) is 0 Å². The van der Waals surface area contributed by atoms with Crippen molar-refractivity contribution in [2.75, 3.05) is 5.73 Å². The van der Waals surface area contributed by atoms with Gasteiger partial charge < -0.3 is 15.2 Å². The van der Waals surface area contributed by atoms with E-state index < -0.39 is 0 Å². The van der Waals surface area contributed by atoms with Crippen LogP contribution >= 0.6 is 11.3 Å². The van der Waals surface area contributed by atoms with Gasteiger partial charge in [-0.15, -0.1) is 11.3 Å². The van der Waals surface area contributed by atoms with E-state index in [1.54, 1.807) is 12.5 Å². The van der Waals surface area contributed by atoms with Crippen molar-refractivity contribution < 1.29 is 9.47 Å². The van der Waals surface area contributed by atoms with Crippen molar-refractivity contribution in [1.29, 1.82) is 0 Å². The minimum absolute atomic E-state index is 0.518. The van der Waals surface area contributed by atoms with Crippen LogP contribution in [-0.4, -0.2) is 4.98 Å². The molecule has 0 amide bonds. The zero-order valence-electron chi connectivity index (χ0n) is 9.63. The van der Waals surface area contributed by atoms with E-state index in [4.69, 9.17) is 15.2 Å². The number of hydrogen-bond acceptors (Lipinski definition) is 5. The summed E-state index contributed by atoms with van der Waals surface area (Å²) in [6, 6.07) is 0. The van der Waals surface area contributed by atoms with Crippen molar-refractivity contribution in [3.05, 3.63) is 53.2 Å². The number of rotatable bonds is 2. The van der Waals surface area contributed by atoms with Gasteiger partial charge in [-0.2, -0.15) is 0 Å². The predicted molar refractivity (Wildman–Crippen MR) is 71.2 cm³/mol. The molecule has 0 saturated carbocycles. The van der Waals surface area contributed by atoms with E-state index in [2.05, 4.69) is 11.1 Å². The monoisotopic (exact) mass is 260 g/mol. The second kappa shape index (κ2) is 4.70. The van der Waals surface area contributed by atoms with E-state index in [-0.39, 0.29) is 0 Å². The summed E-state index contributed by atoms with van der Waals surface area (Å²) >= 11 is 1.38. The Morgan fingerprint density at radius 3 is 2.67 bits per heavy atom. The molecule has 1 aromatic rings. The van der Waals surface area contributed by atoms with Crippen molar-refractivity contribution in [2.24, 2.45) is 0 Å². The fraction of sp³-hybridized carbons (Fsp3) is 0.154. The Hall–Kier alpha value is -2.01. The molecule has 2 aliphatic rings. The first-order valence-corrected chi connectivity index (χ1v) is 6.52. The van der Waals surface area contributed by atoms with Crippen LogP contribution in [0.5, 0.6) is 0 Å². The number of ether oxygens (including phenoxy) is 2. The third kappa shape index (κ3) is 2.17. The highest BCUT2D eigenvalue weighted by atomic mass is 32.1. The number of thiazole rings is 1. The highest BCUT2D eigenvalue weighted by Gasteiger charge is 2.16. The van der Waals surface area contributed by atoms with E-state index in [0.717, 1.165) is 24.2 Å². The first-order chi connectivity index (χ1) is 8.83. The molecule has 0 bridgehead atoms. The molecule has 0 fully saturated rings. The lowest BCUT2D eigenvalue weighted by molar-refractivity contribution is 0.280. The summed E-state index contributed by atoms with van der Waals surface area (Å²) in [4.78, 5) is 4.14. The fourth-order valence-corrected chi connectivity index (χ4v) is 2.32. The van der Waals surface area contributed by atoms with Gasteiger partial charge in [0.2, 0.25) is 0 Å². The smallest absolute Gasteiger partial charge is 0.188 e. The third-order valence-corrected chi connectivity index (χ3v) is 3.36. The molecule has 1 aliphatic carbocycles. The van der Waals surface area contributed by atoms with Crippen LogP contribution < -0.4 is 5.73 Å². The Morgan fingerprint density at radius 1 is 1.22 bits per heavy atom. The molecule has 18 heavy (non-hydrogen) atoms. The molecule has 0 radical (unpaired) electrons. The van der Waals surface area contributed by atoms with E-state index in [1.807, 2.05) is 17.5 Å². The summed E-state index contributed by atoms with van der Waals surface area (Å²) in [6.07, 6.45) is 11.4. The molecule has 0 atom stereocenters. The average Bonchev–Trinajstić information content (AvgIpc) is 2.87. The molecule has 2 heterocycles. The van der Waals surface area contributed by atoms with Crippen LogP contribution in [0.1, 0.15) is 18.5 Å². The molecule has 0 saturated heterocycles. The first-order valence-electron chi connectivity index (χ1n) is 5.64. The molecule has 0 aromatic carbocycles. The topological polar surface area (TPSA) is 57.4 Å². The molecule has 4 nitrogen and oxygen atoms in total. The number of nitrogens with zero attached hydrogens (tertiary/aromatic N) is 1. The van der Waals surface area contributed by atoms with Gasteiger partial charge in [-0.05, 0) is 18.4 Å². The van der Waals surface area contributed by atoms with E-state index >= 15 is 0 Å². The van der Waals surface area contributed by atoms with Gasteiger partial charge in [-0.25, -0.2) is 4.98 Å². The Kier molecular flexibility index (Phi) is 2.90. The molecule has 5 heteroatoms. The van der Waals surface area contributed by atoms with Crippen LogP contribution in [0.15, 0.2) is 47.5 Å². The Balaban J connectivity index is 1.74. The highest BCUT2D eigenvalue weighted by Crippen LogP contribution is 2.29. The molecule has 1 aromatic heterocycles. The normalized spacial score (nSPS) is 18.3. The summed E-state index contributed by atoms with van der Waals surface area (Å²) in [5, 5.41) is 2.36. The molecular weight excluding hydrogens is 248 g/mol. The lowest BCUT2D eigenvalue weighted by Crippen LogP contribution is -2.02. The average molecular weight is 260 g/mol. The summed E-state index contributed by atoms with van der Waals surface area (Å²) in [5.74, 6) is 1.34. The van der Waals surface area contributed by atoms with Crippen LogP contribution in [0.4, 0.5) is 5.13 Å². The maximum atomic E-state index is 5.59. The molecule has 0 spiro atoms. The summed E-state index contributed by atoms with van der Waals surface area (Å²) < 4.78 is 11.1. The highest BCUT2D eigenvalue weighted by molar-refractivity contribution is 7.13. The van der Waals surface area contributed by atoms with Crippen LogP contribution in [0.3, 0.4) is 0 Å². The quantitative estimate of drug-likeness (QED) is 0.887. The Morgan fingerprint density at radius 2 is 2.06 bits per heavy atom. The fourth-order valence-electron chi connectivity index (χ4n) is 1.77. The molecule has 92 valence electrons. The maximum absolute atomic E-state index is 5.59. The second-order valence-electron chi connectivity index (χ2n) is 3.93. The van der Waals surface area contributed by atoms with Gasteiger partial charge in [0.25, 0.3) is 0 Å². The molecular formula is C13H12N2O2S. The molecule has 1 aliphatic heterocycles. The number of nitrogens with two attached hydrogens (primary N) is 1. The summed E-state index contributed by atoms with van der Waals surface area (Å²) in [7, 11) is 0. The molecule has 0 unspecified atom stereocenters. The Bertz CT molecular complexity index is 582. The molecule has 3 rings (SSSR count). The van der Waals surface area contributed by atoms with Gasteiger partial charge in [-0.3, -0.25) is 0 Å². The SMILES string of the molecule is Nc1nc(C2=COC(C3=CC=CCC3)=CO2)cs1. The second-order valence-corrected chi connectivity index (χ2v) is 4.82. The van der Waals surface area contributed by atoms with Crippen LogP contribution in [0.2, 0.25) is 0 Å². The number of aromatic nitrogens is 1. The maximum Gasteiger partial charge on any atom is 0.188 e. The van der Waals surface area contributed by atoms with Crippen LogP contribution in [0.25, 0.3) is 5.76 Å². The lowest BCUT2D eigenvalue weighted by Gasteiger charge is -2.17. The number of allylic oxidation sites excluding steroid dienone is 4. The number of anilines is 1. The predicted octanol–water partition coefficient (Wildman–Crippen LogP) is 3.19.